The molecular formula is C16H21BrN2S. The standard InChI is InChI=1S/C16H21BrN2S/c1-18-16(14-5-3-4-6-15(14)17)7-9-19(2)11-13-8-10-20-12-13/h3-6,8,10,12,16,18H,7,9,11H2,1-2H3. The summed E-state index contributed by atoms with van der Waals surface area (Å²) in [6.45, 7) is 2.10. The summed E-state index contributed by atoms with van der Waals surface area (Å²) in [4.78, 5) is 2.38. The van der Waals surface area contributed by atoms with Gasteiger partial charge in [-0.25, -0.2) is 0 Å². The lowest BCUT2D eigenvalue weighted by molar-refractivity contribution is 0.304. The van der Waals surface area contributed by atoms with Crippen molar-refractivity contribution in [1.29, 1.82) is 0 Å². The van der Waals surface area contributed by atoms with Gasteiger partial charge in [0.15, 0.2) is 0 Å². The average molecular weight is 353 g/mol. The lowest BCUT2D eigenvalue weighted by Gasteiger charge is -2.22. The molecule has 0 bridgehead atoms. The first-order valence-corrected chi connectivity index (χ1v) is 8.55. The minimum absolute atomic E-state index is 0.385. The molecule has 0 aliphatic carbocycles. The smallest absolute Gasteiger partial charge is 0.0340 e. The van der Waals surface area contributed by atoms with Crippen LogP contribution in [0.3, 0.4) is 0 Å². The maximum Gasteiger partial charge on any atom is 0.0340 e. The second kappa shape index (κ2) is 7.93. The van der Waals surface area contributed by atoms with E-state index in [-0.39, 0.29) is 0 Å². The van der Waals surface area contributed by atoms with Crippen molar-refractivity contribution in [2.24, 2.45) is 0 Å². The molecule has 0 fully saturated rings. The van der Waals surface area contributed by atoms with Crippen molar-refractivity contribution in [3.63, 3.8) is 0 Å². The van der Waals surface area contributed by atoms with Crippen LogP contribution in [0.4, 0.5) is 0 Å². The molecule has 0 radical (unpaired) electrons. The van der Waals surface area contributed by atoms with Gasteiger partial charge in [0, 0.05) is 17.1 Å². The van der Waals surface area contributed by atoms with E-state index in [4.69, 9.17) is 0 Å². The molecule has 0 spiro atoms. The molecular weight excluding hydrogens is 332 g/mol. The first-order valence-electron chi connectivity index (χ1n) is 6.82. The molecule has 1 unspecified atom stereocenters. The molecule has 0 aliphatic rings. The quantitative estimate of drug-likeness (QED) is 0.799. The molecule has 2 aromatic rings. The minimum atomic E-state index is 0.385. The van der Waals surface area contributed by atoms with E-state index < -0.39 is 0 Å². The number of thiophene rings is 1. The Morgan fingerprint density at radius 3 is 2.75 bits per heavy atom. The van der Waals surface area contributed by atoms with Gasteiger partial charge in [0.05, 0.1) is 0 Å². The summed E-state index contributed by atoms with van der Waals surface area (Å²) >= 11 is 5.41. The van der Waals surface area contributed by atoms with Gasteiger partial charge in [0.1, 0.15) is 0 Å². The van der Waals surface area contributed by atoms with Crippen LogP contribution < -0.4 is 5.32 Å². The number of hydrogen-bond acceptors (Lipinski definition) is 3. The van der Waals surface area contributed by atoms with E-state index in [0.717, 1.165) is 19.5 Å². The van der Waals surface area contributed by atoms with Gasteiger partial charge in [0.2, 0.25) is 0 Å². The van der Waals surface area contributed by atoms with Crippen LogP contribution in [-0.4, -0.2) is 25.5 Å². The molecule has 1 aromatic carbocycles. The molecule has 1 atom stereocenters. The van der Waals surface area contributed by atoms with E-state index in [1.165, 1.54) is 15.6 Å². The summed E-state index contributed by atoms with van der Waals surface area (Å²) in [5, 5.41) is 7.78. The minimum Gasteiger partial charge on any atom is -0.313 e. The molecule has 0 amide bonds. The molecule has 0 saturated carbocycles. The van der Waals surface area contributed by atoms with Crippen LogP contribution in [0, 0.1) is 0 Å². The third kappa shape index (κ3) is 4.42. The van der Waals surface area contributed by atoms with Crippen LogP contribution in [0.15, 0.2) is 45.6 Å². The lowest BCUT2D eigenvalue weighted by Crippen LogP contribution is -2.25. The van der Waals surface area contributed by atoms with Gasteiger partial charge in [-0.2, -0.15) is 11.3 Å². The van der Waals surface area contributed by atoms with Gasteiger partial charge in [-0.15, -0.1) is 0 Å². The fraction of sp³-hybridized carbons (Fsp3) is 0.375. The van der Waals surface area contributed by atoms with Crippen LogP contribution in [0.1, 0.15) is 23.6 Å². The Labute approximate surface area is 133 Å². The molecule has 2 rings (SSSR count). The zero-order chi connectivity index (χ0) is 14.4. The van der Waals surface area contributed by atoms with Crippen LogP contribution in [0.2, 0.25) is 0 Å². The second-order valence-electron chi connectivity index (χ2n) is 5.02. The van der Waals surface area contributed by atoms with E-state index >= 15 is 0 Å². The Morgan fingerprint density at radius 1 is 1.30 bits per heavy atom. The molecule has 4 heteroatoms. The maximum atomic E-state index is 3.64. The lowest BCUT2D eigenvalue weighted by atomic mass is 10.0. The molecule has 0 saturated heterocycles. The SMILES string of the molecule is CNC(CCN(C)Cc1ccsc1)c1ccccc1Br. The second-order valence-corrected chi connectivity index (χ2v) is 6.66. The number of hydrogen-bond donors (Lipinski definition) is 1. The predicted molar refractivity (Wildman–Crippen MR) is 91.2 cm³/mol. The highest BCUT2D eigenvalue weighted by atomic mass is 79.9. The fourth-order valence-electron chi connectivity index (χ4n) is 2.34. The van der Waals surface area contributed by atoms with Gasteiger partial charge in [0.25, 0.3) is 0 Å². The van der Waals surface area contributed by atoms with E-state index in [1.54, 1.807) is 11.3 Å². The monoisotopic (exact) mass is 352 g/mol. The van der Waals surface area contributed by atoms with Crippen molar-refractivity contribution in [2.75, 3.05) is 20.6 Å². The van der Waals surface area contributed by atoms with Crippen LogP contribution in [0.25, 0.3) is 0 Å². The predicted octanol–water partition coefficient (Wildman–Crippen LogP) is 4.29. The number of rotatable bonds is 7. The van der Waals surface area contributed by atoms with Gasteiger partial charge in [-0.3, -0.25) is 0 Å². The van der Waals surface area contributed by atoms with Gasteiger partial charge < -0.3 is 10.2 Å². The molecule has 2 nitrogen and oxygen atoms in total. The largest absolute Gasteiger partial charge is 0.313 e. The summed E-state index contributed by atoms with van der Waals surface area (Å²) in [6, 6.07) is 11.0. The molecule has 108 valence electrons. The zero-order valence-electron chi connectivity index (χ0n) is 12.0. The number of halogens is 1. The van der Waals surface area contributed by atoms with E-state index in [9.17, 15) is 0 Å². The van der Waals surface area contributed by atoms with E-state index in [1.807, 2.05) is 7.05 Å². The van der Waals surface area contributed by atoms with Crippen LogP contribution in [-0.2, 0) is 6.54 Å². The Morgan fingerprint density at radius 2 is 2.10 bits per heavy atom. The Hall–Kier alpha value is -0.680. The van der Waals surface area contributed by atoms with Crippen molar-refractivity contribution in [2.45, 2.75) is 19.0 Å². The zero-order valence-corrected chi connectivity index (χ0v) is 14.4. The average Bonchev–Trinajstić information content (AvgIpc) is 2.94. The maximum absolute atomic E-state index is 3.64. The highest BCUT2D eigenvalue weighted by Gasteiger charge is 2.13. The summed E-state index contributed by atoms with van der Waals surface area (Å²) in [5.74, 6) is 0. The Bertz CT molecular complexity index is 513. The summed E-state index contributed by atoms with van der Waals surface area (Å²) in [7, 11) is 4.22. The molecule has 1 aromatic heterocycles. The van der Waals surface area contributed by atoms with E-state index in [0.29, 0.717) is 6.04 Å². The Kier molecular flexibility index (Phi) is 6.23. The van der Waals surface area contributed by atoms with Crippen LogP contribution in [0.5, 0.6) is 0 Å². The highest BCUT2D eigenvalue weighted by molar-refractivity contribution is 9.10. The third-order valence-corrected chi connectivity index (χ3v) is 4.92. The summed E-state index contributed by atoms with van der Waals surface area (Å²) in [6.07, 6.45) is 1.10. The van der Waals surface area contributed by atoms with Crippen molar-refractivity contribution in [3.8, 4) is 0 Å². The number of nitrogens with zero attached hydrogens (tertiary/aromatic N) is 1. The summed E-state index contributed by atoms with van der Waals surface area (Å²) in [5.41, 5.74) is 2.73. The first kappa shape index (κ1) is 15.7. The third-order valence-electron chi connectivity index (χ3n) is 3.46. The van der Waals surface area contributed by atoms with E-state index in [2.05, 4.69) is 74.3 Å². The number of nitrogens with one attached hydrogen (secondary N) is 1. The van der Waals surface area contributed by atoms with Crippen molar-refractivity contribution < 1.29 is 0 Å². The molecule has 1 heterocycles. The van der Waals surface area contributed by atoms with Crippen molar-refractivity contribution in [1.82, 2.24) is 10.2 Å². The fourth-order valence-corrected chi connectivity index (χ4v) is 3.56. The van der Waals surface area contributed by atoms with Gasteiger partial charge in [-0.1, -0.05) is 34.1 Å². The number of benzene rings is 1. The summed E-state index contributed by atoms with van der Waals surface area (Å²) < 4.78 is 1.18. The molecule has 1 N–H and O–H groups in total. The topological polar surface area (TPSA) is 15.3 Å². The highest BCUT2D eigenvalue weighted by Crippen LogP contribution is 2.25. The molecule has 0 aliphatic heterocycles. The van der Waals surface area contributed by atoms with Crippen molar-refractivity contribution >= 4 is 27.3 Å². The molecule has 20 heavy (non-hydrogen) atoms. The van der Waals surface area contributed by atoms with Gasteiger partial charge in [-0.05, 0) is 61.1 Å². The van der Waals surface area contributed by atoms with Crippen molar-refractivity contribution in [3.05, 3.63) is 56.7 Å². The Balaban J connectivity index is 1.89. The van der Waals surface area contributed by atoms with Gasteiger partial charge >= 0.3 is 0 Å². The van der Waals surface area contributed by atoms with Crippen LogP contribution >= 0.6 is 27.3 Å². The first-order chi connectivity index (χ1) is 9.70. The normalized spacial score (nSPS) is 12.8.